The Bertz CT molecular complexity index is 557. The Morgan fingerprint density at radius 3 is 1.87 bits per heavy atom. The highest BCUT2D eigenvalue weighted by molar-refractivity contribution is 5.17. The molecular weight excluding hydrogens is 375 g/mol. The summed E-state index contributed by atoms with van der Waals surface area (Å²) in [6.45, 7) is 3.81. The topological polar surface area (TPSA) is 18.5 Å². The van der Waals surface area contributed by atoms with Gasteiger partial charge in [-0.15, -0.1) is 0 Å². The van der Waals surface area contributed by atoms with Crippen molar-refractivity contribution in [1.82, 2.24) is 0 Å². The van der Waals surface area contributed by atoms with Gasteiger partial charge < -0.3 is 9.47 Å². The summed E-state index contributed by atoms with van der Waals surface area (Å²) in [6, 6.07) is 6.45. The summed E-state index contributed by atoms with van der Waals surface area (Å²) in [5.41, 5.74) is 0.911. The average molecular weight is 419 g/mol. The first-order valence-electron chi connectivity index (χ1n) is 12.7. The standard InChI is InChI=1S/C27H43FO2/c1-2-3-4-5-6-7-8-9-22-10-12-23(13-11-22)14-15-24-20-29-27(30-21-24)25-16-18-26(28)19-17-25/h16-19,22-24,27H,2-15,20-21H2,1H3. The number of halogens is 1. The third kappa shape index (κ3) is 8.30. The van der Waals surface area contributed by atoms with Crippen molar-refractivity contribution in [3.05, 3.63) is 35.6 Å². The summed E-state index contributed by atoms with van der Waals surface area (Å²) < 4.78 is 24.9. The van der Waals surface area contributed by atoms with Crippen molar-refractivity contribution >= 4 is 0 Å². The SMILES string of the molecule is CCCCCCCCCC1CCC(CCC2COC(c3ccc(F)cc3)OC2)CC1. The van der Waals surface area contributed by atoms with Crippen LogP contribution in [0.3, 0.4) is 0 Å². The molecule has 0 atom stereocenters. The molecule has 0 unspecified atom stereocenters. The van der Waals surface area contributed by atoms with E-state index >= 15 is 0 Å². The minimum absolute atomic E-state index is 0.218. The predicted octanol–water partition coefficient (Wildman–Crippen LogP) is 8.21. The molecule has 0 spiro atoms. The molecule has 2 aliphatic rings. The van der Waals surface area contributed by atoms with Gasteiger partial charge in [-0.05, 0) is 30.4 Å². The number of rotatable bonds is 12. The highest BCUT2D eigenvalue weighted by Crippen LogP contribution is 2.36. The molecule has 1 aliphatic heterocycles. The summed E-state index contributed by atoms with van der Waals surface area (Å²) in [4.78, 5) is 0. The van der Waals surface area contributed by atoms with Crippen molar-refractivity contribution in [3.63, 3.8) is 0 Å². The first-order chi connectivity index (χ1) is 14.7. The average Bonchev–Trinajstić information content (AvgIpc) is 2.79. The largest absolute Gasteiger partial charge is 0.348 e. The molecule has 2 fully saturated rings. The van der Waals surface area contributed by atoms with Crippen molar-refractivity contribution in [3.8, 4) is 0 Å². The first-order valence-corrected chi connectivity index (χ1v) is 12.7. The van der Waals surface area contributed by atoms with E-state index in [0.717, 1.165) is 30.6 Å². The maximum absolute atomic E-state index is 13.1. The molecule has 1 heterocycles. The smallest absolute Gasteiger partial charge is 0.183 e. The Morgan fingerprint density at radius 2 is 1.23 bits per heavy atom. The van der Waals surface area contributed by atoms with Gasteiger partial charge in [0.1, 0.15) is 5.82 Å². The van der Waals surface area contributed by atoms with Crippen molar-refractivity contribution < 1.29 is 13.9 Å². The molecule has 0 aromatic heterocycles. The Balaban J connectivity index is 1.21. The van der Waals surface area contributed by atoms with Crippen LogP contribution in [0.25, 0.3) is 0 Å². The minimum atomic E-state index is -0.330. The van der Waals surface area contributed by atoms with Gasteiger partial charge in [0.2, 0.25) is 0 Å². The normalized spacial score (nSPS) is 27.3. The zero-order valence-electron chi connectivity index (χ0n) is 19.1. The van der Waals surface area contributed by atoms with Gasteiger partial charge in [-0.3, -0.25) is 0 Å². The van der Waals surface area contributed by atoms with Gasteiger partial charge in [-0.25, -0.2) is 4.39 Å². The van der Waals surface area contributed by atoms with Crippen LogP contribution in [0, 0.1) is 23.6 Å². The van der Waals surface area contributed by atoms with Gasteiger partial charge in [-0.2, -0.15) is 0 Å². The van der Waals surface area contributed by atoms with E-state index in [2.05, 4.69) is 6.92 Å². The van der Waals surface area contributed by atoms with Gasteiger partial charge in [0.05, 0.1) is 13.2 Å². The number of unbranched alkanes of at least 4 members (excludes halogenated alkanes) is 6. The quantitative estimate of drug-likeness (QED) is 0.318. The summed E-state index contributed by atoms with van der Waals surface area (Å²) in [7, 11) is 0. The summed E-state index contributed by atoms with van der Waals surface area (Å²) >= 11 is 0. The van der Waals surface area contributed by atoms with Crippen LogP contribution in [0.15, 0.2) is 24.3 Å². The first kappa shape index (κ1) is 23.7. The van der Waals surface area contributed by atoms with Gasteiger partial charge in [-0.1, -0.05) is 103 Å². The Labute approximate surface area is 183 Å². The second-order valence-electron chi connectivity index (χ2n) is 9.79. The molecule has 1 aromatic carbocycles. The third-order valence-electron chi connectivity index (χ3n) is 7.27. The van der Waals surface area contributed by atoms with Crippen LogP contribution in [-0.2, 0) is 9.47 Å². The van der Waals surface area contributed by atoms with Crippen molar-refractivity contribution in [2.75, 3.05) is 13.2 Å². The van der Waals surface area contributed by atoms with Gasteiger partial charge in [0.15, 0.2) is 6.29 Å². The lowest BCUT2D eigenvalue weighted by atomic mass is 9.77. The maximum Gasteiger partial charge on any atom is 0.183 e. The van der Waals surface area contributed by atoms with E-state index in [-0.39, 0.29) is 12.1 Å². The molecule has 1 saturated carbocycles. The lowest BCUT2D eigenvalue weighted by molar-refractivity contribution is -0.206. The zero-order valence-corrected chi connectivity index (χ0v) is 19.1. The molecule has 3 heteroatoms. The van der Waals surface area contributed by atoms with E-state index < -0.39 is 0 Å². The van der Waals surface area contributed by atoms with E-state index in [0.29, 0.717) is 5.92 Å². The highest BCUT2D eigenvalue weighted by atomic mass is 19.1. The highest BCUT2D eigenvalue weighted by Gasteiger charge is 2.26. The van der Waals surface area contributed by atoms with Crippen LogP contribution in [-0.4, -0.2) is 13.2 Å². The molecule has 2 nitrogen and oxygen atoms in total. The number of ether oxygens (including phenoxy) is 2. The monoisotopic (exact) mass is 418 g/mol. The van der Waals surface area contributed by atoms with Gasteiger partial charge in [0.25, 0.3) is 0 Å². The van der Waals surface area contributed by atoms with Gasteiger partial charge in [0, 0.05) is 11.5 Å². The lowest BCUT2D eigenvalue weighted by Crippen LogP contribution is -2.28. The van der Waals surface area contributed by atoms with Crippen LogP contribution in [0.4, 0.5) is 4.39 Å². The molecule has 0 N–H and O–H groups in total. The van der Waals surface area contributed by atoms with E-state index in [1.54, 1.807) is 12.1 Å². The second kappa shape index (κ2) is 13.5. The van der Waals surface area contributed by atoms with Crippen molar-refractivity contribution in [2.24, 2.45) is 17.8 Å². The molecule has 3 rings (SSSR count). The predicted molar refractivity (Wildman–Crippen MR) is 122 cm³/mol. The number of hydrogen-bond donors (Lipinski definition) is 0. The maximum atomic E-state index is 13.1. The molecule has 30 heavy (non-hydrogen) atoms. The zero-order chi connectivity index (χ0) is 21.0. The summed E-state index contributed by atoms with van der Waals surface area (Å²) in [5.74, 6) is 2.19. The van der Waals surface area contributed by atoms with Crippen molar-refractivity contribution in [1.29, 1.82) is 0 Å². The fourth-order valence-electron chi connectivity index (χ4n) is 5.19. The Morgan fingerprint density at radius 1 is 0.700 bits per heavy atom. The molecule has 0 bridgehead atoms. The lowest BCUT2D eigenvalue weighted by Gasteiger charge is -2.32. The van der Waals surface area contributed by atoms with Gasteiger partial charge >= 0.3 is 0 Å². The molecule has 0 amide bonds. The van der Waals surface area contributed by atoms with E-state index in [1.165, 1.54) is 102 Å². The Kier molecular flexibility index (Phi) is 10.7. The van der Waals surface area contributed by atoms with Crippen LogP contribution >= 0.6 is 0 Å². The van der Waals surface area contributed by atoms with E-state index in [9.17, 15) is 4.39 Å². The summed E-state index contributed by atoms with van der Waals surface area (Å²) in [5, 5.41) is 0. The van der Waals surface area contributed by atoms with Crippen LogP contribution in [0.5, 0.6) is 0 Å². The van der Waals surface area contributed by atoms with Crippen molar-refractivity contribution in [2.45, 2.75) is 103 Å². The van der Waals surface area contributed by atoms with E-state index in [1.807, 2.05) is 0 Å². The van der Waals surface area contributed by atoms with Crippen LogP contribution in [0.1, 0.15) is 109 Å². The van der Waals surface area contributed by atoms with E-state index in [4.69, 9.17) is 9.47 Å². The minimum Gasteiger partial charge on any atom is -0.348 e. The van der Waals surface area contributed by atoms with Crippen LogP contribution in [0.2, 0.25) is 0 Å². The molecular formula is C27H43FO2. The molecule has 1 saturated heterocycles. The number of benzene rings is 1. The molecule has 1 aliphatic carbocycles. The molecule has 170 valence electrons. The molecule has 1 aromatic rings. The summed E-state index contributed by atoms with van der Waals surface area (Å²) in [6.07, 6.45) is 19.4. The fraction of sp³-hybridized carbons (Fsp3) is 0.778. The third-order valence-corrected chi connectivity index (χ3v) is 7.27. The fourth-order valence-corrected chi connectivity index (χ4v) is 5.19. The van der Waals surface area contributed by atoms with Crippen LogP contribution < -0.4 is 0 Å². The second-order valence-corrected chi connectivity index (χ2v) is 9.79. The molecule has 0 radical (unpaired) electrons. The number of hydrogen-bond acceptors (Lipinski definition) is 2. The Hall–Kier alpha value is -0.930.